The average Bonchev–Trinajstić information content (AvgIpc) is 2.85. The van der Waals surface area contributed by atoms with E-state index in [1.807, 2.05) is 0 Å². The van der Waals surface area contributed by atoms with E-state index in [9.17, 15) is 0 Å². The van der Waals surface area contributed by atoms with Crippen LogP contribution in [0.5, 0.6) is 0 Å². The summed E-state index contributed by atoms with van der Waals surface area (Å²) in [6.45, 7) is 8.53. The molecule has 2 rings (SSSR count). The maximum Gasteiger partial charge on any atom is 0.0958 e. The zero-order valence-corrected chi connectivity index (χ0v) is 12.1. The summed E-state index contributed by atoms with van der Waals surface area (Å²) in [6.07, 6.45) is 2.08. The van der Waals surface area contributed by atoms with E-state index in [0.717, 1.165) is 44.9 Å². The quantitative estimate of drug-likeness (QED) is 0.850. The van der Waals surface area contributed by atoms with Crippen LogP contribution < -0.4 is 0 Å². The van der Waals surface area contributed by atoms with Crippen LogP contribution in [-0.4, -0.2) is 41.8 Å². The largest absolute Gasteiger partial charge is 0.359 e. The Hall–Kier alpha value is -1.35. The van der Waals surface area contributed by atoms with Crippen LogP contribution in [0.2, 0.25) is 0 Å². The van der Waals surface area contributed by atoms with E-state index < -0.39 is 0 Å². The molecule has 1 aromatic rings. The van der Waals surface area contributed by atoms with E-state index in [4.69, 9.17) is 5.41 Å². The van der Waals surface area contributed by atoms with Crippen LogP contribution in [0.4, 0.5) is 0 Å². The molecule has 1 atom stereocenters. The van der Waals surface area contributed by atoms with Crippen molar-refractivity contribution in [1.29, 1.82) is 5.41 Å². The topological polar surface area (TPSA) is 30.3 Å². The molecule has 1 N–H and O–H groups in total. The van der Waals surface area contributed by atoms with Gasteiger partial charge in [-0.05, 0) is 25.1 Å². The van der Waals surface area contributed by atoms with Gasteiger partial charge in [-0.3, -0.25) is 10.3 Å². The standard InChI is InChI=1S/C16H25N3/c1-3-18(4-2)15(14-9-6-5-7-10-14)13-19-12-8-11-16(19)17/h5-7,9-10,15,17H,3-4,8,11-13H2,1-2H3. The lowest BCUT2D eigenvalue weighted by Crippen LogP contribution is -2.38. The maximum absolute atomic E-state index is 8.02. The van der Waals surface area contributed by atoms with Crippen LogP contribution in [-0.2, 0) is 0 Å². The molecule has 1 unspecified atom stereocenters. The van der Waals surface area contributed by atoms with Crippen molar-refractivity contribution in [2.45, 2.75) is 32.7 Å². The van der Waals surface area contributed by atoms with Gasteiger partial charge < -0.3 is 4.90 Å². The molecule has 0 aromatic heterocycles. The van der Waals surface area contributed by atoms with Gasteiger partial charge in [0.05, 0.1) is 11.9 Å². The molecule has 0 saturated carbocycles. The van der Waals surface area contributed by atoms with Crippen molar-refractivity contribution >= 4 is 5.84 Å². The Kier molecular flexibility index (Phi) is 4.97. The molecule has 1 aliphatic heterocycles. The smallest absolute Gasteiger partial charge is 0.0958 e. The fraction of sp³-hybridized carbons (Fsp3) is 0.562. The summed E-state index contributed by atoms with van der Waals surface area (Å²) in [7, 11) is 0. The van der Waals surface area contributed by atoms with Crippen molar-refractivity contribution in [1.82, 2.24) is 9.80 Å². The molecule has 1 fully saturated rings. The normalized spacial score (nSPS) is 17.2. The monoisotopic (exact) mass is 259 g/mol. The van der Waals surface area contributed by atoms with E-state index in [-0.39, 0.29) is 0 Å². The van der Waals surface area contributed by atoms with Crippen molar-refractivity contribution < 1.29 is 0 Å². The Bertz CT molecular complexity index is 398. The van der Waals surface area contributed by atoms with Crippen LogP contribution in [0.3, 0.4) is 0 Å². The van der Waals surface area contributed by atoms with Gasteiger partial charge in [0.15, 0.2) is 0 Å². The molecule has 0 bridgehead atoms. The number of benzene rings is 1. The van der Waals surface area contributed by atoms with Gasteiger partial charge in [0, 0.05) is 19.5 Å². The Morgan fingerprint density at radius 3 is 2.42 bits per heavy atom. The Labute approximate surface area is 116 Å². The molecule has 0 amide bonds. The summed E-state index contributed by atoms with van der Waals surface area (Å²) in [6, 6.07) is 11.1. The first-order valence-electron chi connectivity index (χ1n) is 7.37. The summed E-state index contributed by atoms with van der Waals surface area (Å²) in [5.74, 6) is 0.813. The highest BCUT2D eigenvalue weighted by Crippen LogP contribution is 2.24. The van der Waals surface area contributed by atoms with Crippen molar-refractivity contribution in [2.75, 3.05) is 26.2 Å². The summed E-state index contributed by atoms with van der Waals surface area (Å²) < 4.78 is 0. The minimum Gasteiger partial charge on any atom is -0.359 e. The van der Waals surface area contributed by atoms with Crippen LogP contribution >= 0.6 is 0 Å². The first-order chi connectivity index (χ1) is 9.26. The first kappa shape index (κ1) is 14.1. The molecule has 3 heteroatoms. The highest BCUT2D eigenvalue weighted by molar-refractivity contribution is 5.80. The van der Waals surface area contributed by atoms with E-state index in [1.54, 1.807) is 0 Å². The zero-order valence-electron chi connectivity index (χ0n) is 12.1. The number of rotatable bonds is 6. The fourth-order valence-corrected chi connectivity index (χ4v) is 2.91. The number of likely N-dealkylation sites (N-methyl/N-ethyl adjacent to an activating group) is 1. The number of hydrogen-bond donors (Lipinski definition) is 1. The minimum absolute atomic E-state index is 0.398. The predicted molar refractivity (Wildman–Crippen MR) is 80.6 cm³/mol. The third-order valence-corrected chi connectivity index (χ3v) is 4.05. The number of amidine groups is 1. The highest BCUT2D eigenvalue weighted by atomic mass is 15.2. The lowest BCUT2D eigenvalue weighted by molar-refractivity contribution is 0.187. The molecule has 1 aliphatic rings. The molecule has 3 nitrogen and oxygen atoms in total. The van der Waals surface area contributed by atoms with Gasteiger partial charge in [-0.15, -0.1) is 0 Å². The summed E-state index contributed by atoms with van der Waals surface area (Å²) >= 11 is 0. The Morgan fingerprint density at radius 1 is 1.21 bits per heavy atom. The van der Waals surface area contributed by atoms with E-state index in [0.29, 0.717) is 6.04 Å². The average molecular weight is 259 g/mol. The van der Waals surface area contributed by atoms with E-state index >= 15 is 0 Å². The molecule has 19 heavy (non-hydrogen) atoms. The second kappa shape index (κ2) is 6.71. The number of likely N-dealkylation sites (tertiary alicyclic amines) is 1. The molecular weight excluding hydrogens is 234 g/mol. The molecule has 1 saturated heterocycles. The van der Waals surface area contributed by atoms with Crippen LogP contribution in [0.15, 0.2) is 30.3 Å². The lowest BCUT2D eigenvalue weighted by Gasteiger charge is -2.34. The van der Waals surface area contributed by atoms with Gasteiger partial charge in [0.2, 0.25) is 0 Å². The molecule has 0 aliphatic carbocycles. The number of hydrogen-bond acceptors (Lipinski definition) is 2. The van der Waals surface area contributed by atoms with E-state index in [2.05, 4.69) is 54.0 Å². The van der Waals surface area contributed by atoms with Crippen molar-refractivity contribution in [2.24, 2.45) is 0 Å². The van der Waals surface area contributed by atoms with Gasteiger partial charge in [-0.25, -0.2) is 0 Å². The minimum atomic E-state index is 0.398. The third kappa shape index (κ3) is 3.35. The first-order valence-corrected chi connectivity index (χ1v) is 7.37. The maximum atomic E-state index is 8.02. The predicted octanol–water partition coefficient (Wildman–Crippen LogP) is 3.14. The third-order valence-electron chi connectivity index (χ3n) is 4.05. The molecule has 1 aromatic carbocycles. The summed E-state index contributed by atoms with van der Waals surface area (Å²) in [5.41, 5.74) is 1.37. The molecule has 0 radical (unpaired) electrons. The lowest BCUT2D eigenvalue weighted by atomic mass is 10.0. The molecule has 104 valence electrons. The van der Waals surface area contributed by atoms with E-state index in [1.165, 1.54) is 5.56 Å². The van der Waals surface area contributed by atoms with Gasteiger partial charge in [-0.2, -0.15) is 0 Å². The van der Waals surface area contributed by atoms with Crippen molar-refractivity contribution in [3.63, 3.8) is 0 Å². The van der Waals surface area contributed by atoms with Crippen LogP contribution in [0.25, 0.3) is 0 Å². The highest BCUT2D eigenvalue weighted by Gasteiger charge is 2.24. The van der Waals surface area contributed by atoms with Gasteiger partial charge in [0.25, 0.3) is 0 Å². The summed E-state index contributed by atoms with van der Waals surface area (Å²) in [4.78, 5) is 4.73. The second-order valence-corrected chi connectivity index (χ2v) is 5.14. The molecule has 0 spiro atoms. The zero-order chi connectivity index (χ0) is 13.7. The fourth-order valence-electron chi connectivity index (χ4n) is 2.91. The summed E-state index contributed by atoms with van der Waals surface area (Å²) in [5, 5.41) is 8.02. The Morgan fingerprint density at radius 2 is 1.89 bits per heavy atom. The van der Waals surface area contributed by atoms with Crippen LogP contribution in [0, 0.1) is 5.41 Å². The van der Waals surface area contributed by atoms with Gasteiger partial charge >= 0.3 is 0 Å². The van der Waals surface area contributed by atoms with Gasteiger partial charge in [-0.1, -0.05) is 44.2 Å². The molecule has 1 heterocycles. The second-order valence-electron chi connectivity index (χ2n) is 5.14. The number of nitrogens with one attached hydrogen (secondary N) is 1. The SMILES string of the molecule is CCN(CC)C(CN1CCCC1=N)c1ccccc1. The molecular formula is C16H25N3. The van der Waals surface area contributed by atoms with Crippen LogP contribution in [0.1, 0.15) is 38.3 Å². The van der Waals surface area contributed by atoms with Crippen molar-refractivity contribution in [3.8, 4) is 0 Å². The van der Waals surface area contributed by atoms with Gasteiger partial charge in [0.1, 0.15) is 0 Å². The Balaban J connectivity index is 2.16. The van der Waals surface area contributed by atoms with Crippen molar-refractivity contribution in [3.05, 3.63) is 35.9 Å². The number of nitrogens with zero attached hydrogens (tertiary/aromatic N) is 2.